The van der Waals surface area contributed by atoms with Gasteiger partial charge >= 0.3 is 0 Å². The van der Waals surface area contributed by atoms with Gasteiger partial charge in [-0.1, -0.05) is 24.3 Å². The number of amides is 2. The third kappa shape index (κ3) is 2.17. The number of aromatic hydroxyl groups is 1. The molecular formula is C12H10N2O3. The van der Waals surface area contributed by atoms with Crippen LogP contribution in [-0.2, 0) is 4.79 Å². The van der Waals surface area contributed by atoms with Crippen LogP contribution in [0.3, 0.4) is 0 Å². The first kappa shape index (κ1) is 10.9. The number of hydrogen-bond acceptors (Lipinski definition) is 3. The SMILES string of the molecule is O=CNNC(=O)c1cc(O)c2ccccc2c1. The molecule has 0 aromatic heterocycles. The Balaban J connectivity index is 2.42. The van der Waals surface area contributed by atoms with Gasteiger partial charge in [0.05, 0.1) is 0 Å². The fourth-order valence-electron chi connectivity index (χ4n) is 1.59. The summed E-state index contributed by atoms with van der Waals surface area (Å²) in [5.74, 6) is -0.461. The molecule has 0 radical (unpaired) electrons. The Morgan fingerprint density at radius 2 is 2.00 bits per heavy atom. The number of hydrazine groups is 1. The Hall–Kier alpha value is -2.56. The number of carbonyl (C=O) groups is 2. The standard InChI is InChI=1S/C12H10N2O3/c15-7-13-14-12(17)9-5-8-3-1-2-4-10(8)11(16)6-9/h1-7,16H,(H,13,15)(H,14,17). The van der Waals surface area contributed by atoms with Crippen LogP contribution in [-0.4, -0.2) is 17.4 Å². The third-order valence-electron chi connectivity index (χ3n) is 2.35. The van der Waals surface area contributed by atoms with Gasteiger partial charge in [-0.15, -0.1) is 0 Å². The van der Waals surface area contributed by atoms with Gasteiger partial charge in [0.15, 0.2) is 0 Å². The zero-order chi connectivity index (χ0) is 12.3. The van der Waals surface area contributed by atoms with Crippen LogP contribution in [0, 0.1) is 0 Å². The van der Waals surface area contributed by atoms with Crippen molar-refractivity contribution in [2.45, 2.75) is 0 Å². The highest BCUT2D eigenvalue weighted by molar-refractivity contribution is 6.00. The Morgan fingerprint density at radius 1 is 1.24 bits per heavy atom. The van der Waals surface area contributed by atoms with Gasteiger partial charge in [0.1, 0.15) is 5.75 Å². The van der Waals surface area contributed by atoms with Gasteiger partial charge in [-0.2, -0.15) is 0 Å². The molecule has 0 bridgehead atoms. The first-order chi connectivity index (χ1) is 8.22. The molecule has 0 unspecified atom stereocenters. The van der Waals surface area contributed by atoms with Crippen molar-refractivity contribution in [3.63, 3.8) is 0 Å². The number of rotatable bonds is 3. The Bertz CT molecular complexity index is 581. The lowest BCUT2D eigenvalue weighted by Crippen LogP contribution is -2.36. The van der Waals surface area contributed by atoms with Crippen LogP contribution in [0.5, 0.6) is 5.75 Å². The lowest BCUT2D eigenvalue weighted by molar-refractivity contribution is -0.110. The van der Waals surface area contributed by atoms with Crippen LogP contribution in [0.2, 0.25) is 0 Å². The molecule has 17 heavy (non-hydrogen) atoms. The maximum Gasteiger partial charge on any atom is 0.269 e. The first-order valence-corrected chi connectivity index (χ1v) is 4.93. The molecule has 2 rings (SSSR count). The molecule has 2 aromatic rings. The second-order valence-corrected chi connectivity index (χ2v) is 3.43. The molecule has 3 N–H and O–H groups in total. The molecule has 5 heteroatoms. The summed E-state index contributed by atoms with van der Waals surface area (Å²) in [5, 5.41) is 11.2. The van der Waals surface area contributed by atoms with Crippen molar-refractivity contribution in [2.75, 3.05) is 0 Å². The number of phenolic OH excluding ortho intramolecular Hbond substituents is 1. The van der Waals surface area contributed by atoms with Gasteiger partial charge in [-0.05, 0) is 17.5 Å². The van der Waals surface area contributed by atoms with Gasteiger partial charge in [0.25, 0.3) is 5.91 Å². The normalized spacial score (nSPS) is 9.88. The Labute approximate surface area is 97.0 Å². The van der Waals surface area contributed by atoms with Gasteiger partial charge in [-0.25, -0.2) is 0 Å². The fourth-order valence-corrected chi connectivity index (χ4v) is 1.59. The summed E-state index contributed by atoms with van der Waals surface area (Å²) in [7, 11) is 0. The number of benzene rings is 2. The van der Waals surface area contributed by atoms with Gasteiger partial charge in [0.2, 0.25) is 6.41 Å². The van der Waals surface area contributed by atoms with Crippen molar-refractivity contribution in [3.8, 4) is 5.75 Å². The molecule has 0 spiro atoms. The zero-order valence-corrected chi connectivity index (χ0v) is 8.81. The number of carbonyl (C=O) groups excluding carboxylic acids is 2. The van der Waals surface area contributed by atoms with E-state index in [1.807, 2.05) is 6.07 Å². The summed E-state index contributed by atoms with van der Waals surface area (Å²) in [6.45, 7) is 0. The summed E-state index contributed by atoms with van der Waals surface area (Å²) in [6, 6.07) is 10.2. The number of hydrogen-bond donors (Lipinski definition) is 3. The van der Waals surface area contributed by atoms with Crippen molar-refractivity contribution < 1.29 is 14.7 Å². The second kappa shape index (κ2) is 4.52. The van der Waals surface area contributed by atoms with Crippen LogP contribution in [0.1, 0.15) is 10.4 Å². The average molecular weight is 230 g/mol. The van der Waals surface area contributed by atoms with Crippen molar-refractivity contribution in [1.82, 2.24) is 10.9 Å². The van der Waals surface area contributed by atoms with Crippen molar-refractivity contribution in [3.05, 3.63) is 42.0 Å². The average Bonchev–Trinajstić information content (AvgIpc) is 2.36. The number of fused-ring (bicyclic) bond motifs is 1. The minimum absolute atomic E-state index is 0.0272. The van der Waals surface area contributed by atoms with Crippen LogP contribution in [0.15, 0.2) is 36.4 Å². The van der Waals surface area contributed by atoms with Crippen LogP contribution in [0.25, 0.3) is 10.8 Å². The van der Waals surface area contributed by atoms with Gasteiger partial charge in [0, 0.05) is 10.9 Å². The molecule has 0 heterocycles. The highest BCUT2D eigenvalue weighted by Crippen LogP contribution is 2.26. The molecule has 0 saturated heterocycles. The smallest absolute Gasteiger partial charge is 0.269 e. The van der Waals surface area contributed by atoms with E-state index < -0.39 is 5.91 Å². The zero-order valence-electron chi connectivity index (χ0n) is 8.81. The summed E-state index contributed by atoms with van der Waals surface area (Å²) in [4.78, 5) is 21.6. The Morgan fingerprint density at radius 3 is 2.76 bits per heavy atom. The van der Waals surface area contributed by atoms with Crippen LogP contribution in [0.4, 0.5) is 0 Å². The maximum atomic E-state index is 11.6. The monoisotopic (exact) mass is 230 g/mol. The highest BCUT2D eigenvalue weighted by Gasteiger charge is 2.08. The quantitative estimate of drug-likeness (QED) is 0.542. The largest absolute Gasteiger partial charge is 0.507 e. The first-order valence-electron chi connectivity index (χ1n) is 4.93. The molecule has 0 aliphatic carbocycles. The van der Waals surface area contributed by atoms with E-state index in [9.17, 15) is 14.7 Å². The lowest BCUT2D eigenvalue weighted by atomic mass is 10.1. The Kier molecular flexibility index (Phi) is 2.91. The molecule has 0 saturated carbocycles. The minimum atomic E-state index is -0.488. The summed E-state index contributed by atoms with van der Waals surface area (Å²) >= 11 is 0. The third-order valence-corrected chi connectivity index (χ3v) is 2.35. The van der Waals surface area contributed by atoms with E-state index in [1.165, 1.54) is 6.07 Å². The molecule has 0 aliphatic rings. The topological polar surface area (TPSA) is 78.4 Å². The number of nitrogens with one attached hydrogen (secondary N) is 2. The van der Waals surface area contributed by atoms with E-state index in [4.69, 9.17) is 0 Å². The molecule has 2 amide bonds. The molecule has 5 nitrogen and oxygen atoms in total. The molecule has 0 fully saturated rings. The molecular weight excluding hydrogens is 220 g/mol. The van der Waals surface area contributed by atoms with E-state index in [-0.39, 0.29) is 11.3 Å². The van der Waals surface area contributed by atoms with E-state index in [0.29, 0.717) is 11.8 Å². The van der Waals surface area contributed by atoms with E-state index in [1.54, 1.807) is 24.3 Å². The van der Waals surface area contributed by atoms with Crippen molar-refractivity contribution >= 4 is 23.1 Å². The molecule has 86 valence electrons. The summed E-state index contributed by atoms with van der Waals surface area (Å²) < 4.78 is 0. The lowest BCUT2D eigenvalue weighted by Gasteiger charge is -2.06. The number of phenols is 1. The molecule has 0 atom stereocenters. The summed E-state index contributed by atoms with van der Waals surface area (Å²) in [5.41, 5.74) is 4.50. The second-order valence-electron chi connectivity index (χ2n) is 3.43. The minimum Gasteiger partial charge on any atom is -0.507 e. The van der Waals surface area contributed by atoms with E-state index in [0.717, 1.165) is 5.39 Å². The van der Waals surface area contributed by atoms with Crippen molar-refractivity contribution in [2.24, 2.45) is 0 Å². The van der Waals surface area contributed by atoms with Crippen LogP contribution >= 0.6 is 0 Å². The van der Waals surface area contributed by atoms with Crippen molar-refractivity contribution in [1.29, 1.82) is 0 Å². The van der Waals surface area contributed by atoms with E-state index >= 15 is 0 Å². The summed E-state index contributed by atoms with van der Waals surface area (Å²) in [6.07, 6.45) is 0.360. The van der Waals surface area contributed by atoms with Gasteiger partial charge in [-0.3, -0.25) is 20.4 Å². The molecule has 0 aliphatic heterocycles. The fraction of sp³-hybridized carbons (Fsp3) is 0. The predicted octanol–water partition coefficient (Wildman–Crippen LogP) is 0.936. The highest BCUT2D eigenvalue weighted by atomic mass is 16.3. The molecule has 2 aromatic carbocycles. The maximum absolute atomic E-state index is 11.6. The predicted molar refractivity (Wildman–Crippen MR) is 62.3 cm³/mol. The van der Waals surface area contributed by atoms with Crippen LogP contribution < -0.4 is 10.9 Å². The van der Waals surface area contributed by atoms with E-state index in [2.05, 4.69) is 10.9 Å². The van der Waals surface area contributed by atoms with Gasteiger partial charge < -0.3 is 5.11 Å².